The lowest BCUT2D eigenvalue weighted by Crippen LogP contribution is -2.36. The van der Waals surface area contributed by atoms with Gasteiger partial charge in [0.15, 0.2) is 0 Å². The molecule has 0 radical (unpaired) electrons. The molecule has 0 aromatic heterocycles. The zero-order valence-electron chi connectivity index (χ0n) is 13.9. The van der Waals surface area contributed by atoms with E-state index in [-0.39, 0.29) is 28.0 Å². The molecule has 1 aliphatic rings. The van der Waals surface area contributed by atoms with E-state index in [0.717, 1.165) is 17.3 Å². The standard InChI is InChI=1S/C19H14N2O4S2/c22-16(20-14-9-5-4-8-13(14)18(24)25)11-21-17(23)15(27-19(21)26)10-12-6-2-1-3-7-12/h1-10H,11H2,(H,20,22)(H,24,25). The van der Waals surface area contributed by atoms with E-state index in [1.807, 2.05) is 30.3 Å². The summed E-state index contributed by atoms with van der Waals surface area (Å²) in [6.45, 7) is -0.287. The second-order valence-electron chi connectivity index (χ2n) is 5.58. The Kier molecular flexibility index (Phi) is 5.68. The highest BCUT2D eigenvalue weighted by Gasteiger charge is 2.33. The van der Waals surface area contributed by atoms with E-state index in [2.05, 4.69) is 5.32 Å². The minimum atomic E-state index is -1.15. The van der Waals surface area contributed by atoms with Crippen LogP contribution in [0.5, 0.6) is 0 Å². The first-order valence-corrected chi connectivity index (χ1v) is 9.11. The first-order valence-electron chi connectivity index (χ1n) is 7.88. The van der Waals surface area contributed by atoms with Gasteiger partial charge in [-0.15, -0.1) is 0 Å². The average Bonchev–Trinajstić information content (AvgIpc) is 2.90. The van der Waals surface area contributed by atoms with Crippen LogP contribution < -0.4 is 5.32 Å². The van der Waals surface area contributed by atoms with Gasteiger partial charge >= 0.3 is 5.97 Å². The van der Waals surface area contributed by atoms with Crippen molar-refractivity contribution in [2.24, 2.45) is 0 Å². The van der Waals surface area contributed by atoms with Crippen molar-refractivity contribution in [3.05, 3.63) is 70.6 Å². The monoisotopic (exact) mass is 398 g/mol. The summed E-state index contributed by atoms with van der Waals surface area (Å²) in [7, 11) is 0. The molecule has 0 bridgehead atoms. The number of para-hydroxylation sites is 1. The van der Waals surface area contributed by atoms with Crippen LogP contribution in [0.4, 0.5) is 5.69 Å². The quantitative estimate of drug-likeness (QED) is 0.594. The number of nitrogens with zero attached hydrogens (tertiary/aromatic N) is 1. The molecule has 1 heterocycles. The molecule has 0 unspecified atom stereocenters. The molecule has 2 amide bonds. The van der Waals surface area contributed by atoms with Crippen molar-refractivity contribution in [2.45, 2.75) is 0 Å². The number of amides is 2. The normalized spacial score (nSPS) is 15.3. The van der Waals surface area contributed by atoms with E-state index < -0.39 is 11.9 Å². The van der Waals surface area contributed by atoms with Crippen molar-refractivity contribution in [1.82, 2.24) is 4.90 Å². The van der Waals surface area contributed by atoms with Crippen LogP contribution in [0.25, 0.3) is 6.08 Å². The highest BCUT2D eigenvalue weighted by Crippen LogP contribution is 2.32. The molecule has 6 nitrogen and oxygen atoms in total. The Hall–Kier alpha value is -2.97. The van der Waals surface area contributed by atoms with Gasteiger partial charge in [0.05, 0.1) is 16.2 Å². The first-order chi connectivity index (χ1) is 13.0. The fourth-order valence-electron chi connectivity index (χ4n) is 2.45. The van der Waals surface area contributed by atoms with Crippen molar-refractivity contribution in [3.8, 4) is 0 Å². The Morgan fingerprint density at radius 2 is 1.78 bits per heavy atom. The van der Waals surface area contributed by atoms with Crippen LogP contribution >= 0.6 is 24.0 Å². The molecule has 1 saturated heterocycles. The number of carbonyl (C=O) groups excluding carboxylic acids is 2. The van der Waals surface area contributed by atoms with E-state index in [4.69, 9.17) is 12.2 Å². The number of hydrogen-bond acceptors (Lipinski definition) is 5. The number of carboxylic acid groups (broad SMARTS) is 1. The molecule has 0 aliphatic carbocycles. The number of carbonyl (C=O) groups is 3. The van der Waals surface area contributed by atoms with E-state index in [9.17, 15) is 19.5 Å². The summed E-state index contributed by atoms with van der Waals surface area (Å²) in [6.07, 6.45) is 1.72. The summed E-state index contributed by atoms with van der Waals surface area (Å²) in [5.74, 6) is -2.03. The van der Waals surface area contributed by atoms with E-state index in [1.165, 1.54) is 17.0 Å². The molecule has 0 saturated carbocycles. The number of carboxylic acids is 1. The Morgan fingerprint density at radius 3 is 2.48 bits per heavy atom. The SMILES string of the molecule is O=C(CN1C(=O)C(=Cc2ccccc2)SC1=S)Nc1ccccc1C(=O)O. The lowest BCUT2D eigenvalue weighted by Gasteiger charge is -2.15. The number of rotatable bonds is 5. The number of thiocarbonyl (C=S) groups is 1. The second kappa shape index (κ2) is 8.15. The third-order valence-corrected chi connectivity index (χ3v) is 5.08. The second-order valence-corrected chi connectivity index (χ2v) is 7.25. The van der Waals surface area contributed by atoms with Crippen molar-refractivity contribution in [1.29, 1.82) is 0 Å². The van der Waals surface area contributed by atoms with E-state index in [1.54, 1.807) is 18.2 Å². The molecule has 8 heteroatoms. The van der Waals surface area contributed by atoms with Gasteiger partial charge in [0, 0.05) is 0 Å². The third kappa shape index (κ3) is 4.42. The lowest BCUT2D eigenvalue weighted by molar-refractivity contribution is -0.126. The van der Waals surface area contributed by atoms with E-state index in [0.29, 0.717) is 4.91 Å². The molecule has 1 aliphatic heterocycles. The molecule has 27 heavy (non-hydrogen) atoms. The lowest BCUT2D eigenvalue weighted by atomic mass is 10.2. The van der Waals surface area contributed by atoms with Crippen molar-refractivity contribution >= 4 is 57.8 Å². The molecule has 1 fully saturated rings. The number of anilines is 1. The molecule has 2 aromatic rings. The fraction of sp³-hybridized carbons (Fsp3) is 0.0526. The van der Waals surface area contributed by atoms with Crippen LogP contribution in [0.1, 0.15) is 15.9 Å². The Bertz CT molecular complexity index is 957. The maximum Gasteiger partial charge on any atom is 0.337 e. The van der Waals surface area contributed by atoms with Gasteiger partial charge in [-0.1, -0.05) is 66.4 Å². The Balaban J connectivity index is 1.71. The number of thioether (sulfide) groups is 1. The van der Waals surface area contributed by atoms with Gasteiger partial charge in [-0.2, -0.15) is 0 Å². The first kappa shape index (κ1) is 18.8. The molecule has 0 spiro atoms. The largest absolute Gasteiger partial charge is 0.478 e. The fourth-order valence-corrected chi connectivity index (χ4v) is 3.70. The van der Waals surface area contributed by atoms with Gasteiger partial charge in [0.25, 0.3) is 5.91 Å². The highest BCUT2D eigenvalue weighted by molar-refractivity contribution is 8.26. The maximum atomic E-state index is 12.6. The molecular weight excluding hydrogens is 384 g/mol. The third-order valence-electron chi connectivity index (χ3n) is 3.70. The van der Waals surface area contributed by atoms with Crippen molar-refractivity contribution < 1.29 is 19.5 Å². The average molecular weight is 398 g/mol. The van der Waals surface area contributed by atoms with Gasteiger partial charge in [0.1, 0.15) is 10.9 Å². The topological polar surface area (TPSA) is 86.7 Å². The van der Waals surface area contributed by atoms with Crippen LogP contribution in [0.2, 0.25) is 0 Å². The summed E-state index contributed by atoms with van der Waals surface area (Å²) in [4.78, 5) is 37.7. The molecule has 3 rings (SSSR count). The molecule has 2 N–H and O–H groups in total. The predicted octanol–water partition coefficient (Wildman–Crippen LogP) is 3.22. The Morgan fingerprint density at radius 1 is 1.11 bits per heavy atom. The molecule has 0 atom stereocenters. The minimum Gasteiger partial charge on any atom is -0.478 e. The van der Waals surface area contributed by atoms with Gasteiger partial charge < -0.3 is 10.4 Å². The van der Waals surface area contributed by atoms with Crippen LogP contribution in [-0.4, -0.2) is 38.7 Å². The number of nitrogens with one attached hydrogen (secondary N) is 1. The maximum absolute atomic E-state index is 12.6. The summed E-state index contributed by atoms with van der Waals surface area (Å²) in [6, 6.07) is 15.4. The van der Waals surface area contributed by atoms with Gasteiger partial charge in [-0.05, 0) is 23.8 Å². The van der Waals surface area contributed by atoms with Crippen molar-refractivity contribution in [3.63, 3.8) is 0 Å². The Labute approximate surface area is 164 Å². The number of hydrogen-bond donors (Lipinski definition) is 2. The van der Waals surface area contributed by atoms with Gasteiger partial charge in [0.2, 0.25) is 5.91 Å². The van der Waals surface area contributed by atoms with E-state index >= 15 is 0 Å². The smallest absolute Gasteiger partial charge is 0.337 e. The summed E-state index contributed by atoms with van der Waals surface area (Å²) >= 11 is 6.34. The minimum absolute atomic E-state index is 0.0276. The van der Waals surface area contributed by atoms with Gasteiger partial charge in [-0.25, -0.2) is 4.79 Å². The summed E-state index contributed by atoms with van der Waals surface area (Å²) in [5.41, 5.74) is 0.998. The highest BCUT2D eigenvalue weighted by atomic mass is 32.2. The van der Waals surface area contributed by atoms with Crippen LogP contribution in [0.3, 0.4) is 0 Å². The van der Waals surface area contributed by atoms with Crippen LogP contribution in [0.15, 0.2) is 59.5 Å². The summed E-state index contributed by atoms with van der Waals surface area (Å²) < 4.78 is 0.281. The predicted molar refractivity (Wildman–Crippen MR) is 108 cm³/mol. The molecular formula is C19H14N2O4S2. The van der Waals surface area contributed by atoms with Crippen LogP contribution in [-0.2, 0) is 9.59 Å². The number of benzene rings is 2. The van der Waals surface area contributed by atoms with Crippen LogP contribution in [0, 0.1) is 0 Å². The molecule has 136 valence electrons. The van der Waals surface area contributed by atoms with Crippen molar-refractivity contribution in [2.75, 3.05) is 11.9 Å². The van der Waals surface area contributed by atoms with Gasteiger partial charge in [-0.3, -0.25) is 14.5 Å². The zero-order valence-corrected chi connectivity index (χ0v) is 15.5. The molecule has 2 aromatic carbocycles. The number of aromatic carboxylic acids is 1. The zero-order chi connectivity index (χ0) is 19.4. The summed E-state index contributed by atoms with van der Waals surface area (Å²) in [5, 5.41) is 11.7.